The molecule has 4 heterocycles. The van der Waals surface area contributed by atoms with Gasteiger partial charge in [-0.2, -0.15) is 0 Å². The summed E-state index contributed by atoms with van der Waals surface area (Å²) >= 11 is 0. The van der Waals surface area contributed by atoms with Crippen molar-refractivity contribution in [3.05, 3.63) is 42.4 Å². The maximum atomic E-state index is 12.6. The lowest BCUT2D eigenvalue weighted by Crippen LogP contribution is -2.36. The Morgan fingerprint density at radius 3 is 2.69 bits per heavy atom. The average Bonchev–Trinajstić information content (AvgIpc) is 3.69. The minimum Gasteiger partial charge on any atom is -0.383 e. The van der Waals surface area contributed by atoms with Crippen LogP contribution in [0, 0.1) is 11.8 Å². The van der Waals surface area contributed by atoms with E-state index in [2.05, 4.69) is 42.4 Å². The van der Waals surface area contributed by atoms with Gasteiger partial charge in [-0.15, -0.1) is 0 Å². The average molecular weight is 475 g/mol. The number of carbonyl (C=O) groups is 1. The number of aromatic nitrogens is 3. The molecule has 0 radical (unpaired) electrons. The van der Waals surface area contributed by atoms with Crippen molar-refractivity contribution >= 4 is 45.7 Å². The molecule has 182 valence electrons. The van der Waals surface area contributed by atoms with Crippen molar-refractivity contribution in [2.24, 2.45) is 22.6 Å². The lowest BCUT2D eigenvalue weighted by Gasteiger charge is -2.28. The highest BCUT2D eigenvalue weighted by Crippen LogP contribution is 2.41. The van der Waals surface area contributed by atoms with Crippen LogP contribution in [0.15, 0.2) is 41.8 Å². The van der Waals surface area contributed by atoms with Crippen molar-refractivity contribution in [2.75, 3.05) is 48.9 Å². The Kier molecular flexibility index (Phi) is 6.45. The van der Waals surface area contributed by atoms with Gasteiger partial charge in [0.15, 0.2) is 5.82 Å². The van der Waals surface area contributed by atoms with E-state index in [0.717, 1.165) is 42.4 Å². The van der Waals surface area contributed by atoms with E-state index in [1.54, 1.807) is 25.6 Å². The summed E-state index contributed by atoms with van der Waals surface area (Å²) in [5, 5.41) is 7.62. The fraction of sp³-hybridized carbons (Fsp3) is 0.400. The lowest BCUT2D eigenvalue weighted by molar-refractivity contribution is -0.117. The van der Waals surface area contributed by atoms with Gasteiger partial charge in [-0.1, -0.05) is 13.3 Å². The van der Waals surface area contributed by atoms with Crippen molar-refractivity contribution in [2.45, 2.75) is 19.8 Å². The predicted molar refractivity (Wildman–Crippen MR) is 137 cm³/mol. The molecule has 4 N–H and O–H groups in total. The number of carbonyl (C=O) groups excluding carboxylic acids is 1. The number of nitrogens with zero attached hydrogens (tertiary/aromatic N) is 5. The molecule has 1 aliphatic heterocycles. The van der Waals surface area contributed by atoms with Crippen molar-refractivity contribution in [1.29, 1.82) is 0 Å². The molecule has 10 nitrogen and oxygen atoms in total. The van der Waals surface area contributed by atoms with Crippen molar-refractivity contribution in [3.8, 4) is 0 Å². The van der Waals surface area contributed by atoms with Crippen LogP contribution in [0.2, 0.25) is 0 Å². The third kappa shape index (κ3) is 4.88. The Balaban J connectivity index is 1.43. The topological polar surface area (TPSA) is 131 Å². The van der Waals surface area contributed by atoms with Gasteiger partial charge in [-0.3, -0.25) is 4.79 Å². The molecule has 10 heteroatoms. The summed E-state index contributed by atoms with van der Waals surface area (Å²) in [5.74, 6) is 2.50. The van der Waals surface area contributed by atoms with E-state index in [1.807, 2.05) is 18.2 Å². The molecule has 0 spiro atoms. The Bertz CT molecular complexity index is 1250. The lowest BCUT2D eigenvalue weighted by atomic mass is 10.1. The molecule has 0 aromatic carbocycles. The molecule has 0 bridgehead atoms. The van der Waals surface area contributed by atoms with E-state index in [1.165, 1.54) is 0 Å². The molecular weight excluding hydrogens is 444 g/mol. The highest BCUT2D eigenvalue weighted by atomic mass is 16.5. The first-order chi connectivity index (χ1) is 17.1. The summed E-state index contributed by atoms with van der Waals surface area (Å²) in [4.78, 5) is 32.7. The van der Waals surface area contributed by atoms with Crippen molar-refractivity contribution in [3.63, 3.8) is 0 Å². The van der Waals surface area contributed by atoms with Gasteiger partial charge >= 0.3 is 0 Å². The number of anilines is 3. The second-order valence-electron chi connectivity index (χ2n) is 8.86. The van der Waals surface area contributed by atoms with E-state index in [9.17, 15) is 4.79 Å². The number of rotatable bonds is 7. The molecule has 2 fully saturated rings. The van der Waals surface area contributed by atoms with Crippen LogP contribution in [0.3, 0.4) is 0 Å². The summed E-state index contributed by atoms with van der Waals surface area (Å²) in [6, 6.07) is 5.66. The number of fused-ring (bicyclic) bond motifs is 1. The Hall–Kier alpha value is -3.79. The number of amidine groups is 1. The molecule has 5 rings (SSSR count). The molecule has 3 aromatic heterocycles. The maximum absolute atomic E-state index is 12.6. The molecule has 0 unspecified atom stereocenters. The van der Waals surface area contributed by atoms with E-state index in [4.69, 9.17) is 10.5 Å². The van der Waals surface area contributed by atoms with Gasteiger partial charge in [0.1, 0.15) is 17.5 Å². The number of nitrogens with two attached hydrogens (primary N) is 1. The molecule has 2 atom stereocenters. The molecule has 2 aliphatic rings. The van der Waals surface area contributed by atoms with Crippen LogP contribution in [-0.2, 0) is 9.53 Å². The van der Waals surface area contributed by atoms with Gasteiger partial charge in [0.25, 0.3) is 0 Å². The summed E-state index contributed by atoms with van der Waals surface area (Å²) in [5.41, 5.74) is 8.10. The number of nitrogens with one attached hydrogen (secondary N) is 2. The second kappa shape index (κ2) is 9.83. The monoisotopic (exact) mass is 474 g/mol. The second-order valence-corrected chi connectivity index (χ2v) is 8.86. The number of hydrogen-bond donors (Lipinski definition) is 3. The van der Waals surface area contributed by atoms with Gasteiger partial charge in [0.2, 0.25) is 5.91 Å². The quantitative estimate of drug-likeness (QED) is 0.352. The molecule has 1 saturated carbocycles. The number of hydrogen-bond acceptors (Lipinski definition) is 8. The number of amides is 1. The summed E-state index contributed by atoms with van der Waals surface area (Å²) in [7, 11) is 1.80. The van der Waals surface area contributed by atoms with Crippen LogP contribution in [0.4, 0.5) is 23.1 Å². The highest BCUT2D eigenvalue weighted by Gasteiger charge is 2.41. The van der Waals surface area contributed by atoms with Crippen molar-refractivity contribution in [1.82, 2.24) is 15.0 Å². The Labute approximate surface area is 204 Å². The van der Waals surface area contributed by atoms with Gasteiger partial charge in [0.05, 0.1) is 25.1 Å². The van der Waals surface area contributed by atoms with Gasteiger partial charge in [-0.25, -0.2) is 19.9 Å². The fourth-order valence-corrected chi connectivity index (χ4v) is 4.48. The first-order valence-corrected chi connectivity index (χ1v) is 12.0. The first kappa shape index (κ1) is 23.0. The molecule has 3 aromatic rings. The van der Waals surface area contributed by atoms with Gasteiger partial charge < -0.3 is 26.0 Å². The molecule has 35 heavy (non-hydrogen) atoms. The maximum Gasteiger partial charge on any atom is 0.228 e. The van der Waals surface area contributed by atoms with Crippen LogP contribution >= 0.6 is 0 Å². The number of aliphatic imine (C=N–C) groups is 1. The fourth-order valence-electron chi connectivity index (χ4n) is 4.48. The van der Waals surface area contributed by atoms with E-state index >= 15 is 0 Å². The van der Waals surface area contributed by atoms with Crippen LogP contribution in [0.5, 0.6) is 0 Å². The smallest absolute Gasteiger partial charge is 0.228 e. The molecule has 1 aliphatic carbocycles. The summed E-state index contributed by atoms with van der Waals surface area (Å²) < 4.78 is 5.41. The Morgan fingerprint density at radius 2 is 2.00 bits per heavy atom. The third-order valence-electron chi connectivity index (χ3n) is 6.66. The molecular formula is C25H30N8O2. The number of ether oxygens (including phenoxy) is 1. The minimum absolute atomic E-state index is 0.0133. The summed E-state index contributed by atoms with van der Waals surface area (Å²) in [6.45, 7) is 5.22. The van der Waals surface area contributed by atoms with Crippen molar-refractivity contribution < 1.29 is 9.53 Å². The van der Waals surface area contributed by atoms with Crippen LogP contribution in [0.1, 0.15) is 25.3 Å². The first-order valence-electron chi connectivity index (χ1n) is 12.0. The van der Waals surface area contributed by atoms with E-state index < -0.39 is 0 Å². The largest absolute Gasteiger partial charge is 0.383 e. The molecule has 1 amide bonds. The zero-order chi connectivity index (χ0) is 24.4. The minimum atomic E-state index is 0.0133. The van der Waals surface area contributed by atoms with Crippen LogP contribution in [-0.4, -0.2) is 60.0 Å². The molecule has 1 saturated heterocycles. The van der Waals surface area contributed by atoms with E-state index in [-0.39, 0.29) is 17.7 Å². The standard InChI is InChI=1S/C25H30N8O2/c1-3-15-10-17(15)25(34)32-22-11-18-19(13-30-24(27-2)20(18)14-29-22)23(26)31-21-5-4-16(12-28-21)33-6-8-35-9-7-33/h4-5,11-15,17H,3,6-10H2,1-2H3,(H,27,30)(H2,26,28,31)(H,29,32,34)/t15-,17-/m1/s1. The third-order valence-corrected chi connectivity index (χ3v) is 6.66. The predicted octanol–water partition coefficient (Wildman–Crippen LogP) is 2.92. The number of morpholine rings is 1. The number of pyridine rings is 3. The highest BCUT2D eigenvalue weighted by molar-refractivity contribution is 6.12. The van der Waals surface area contributed by atoms with Crippen LogP contribution < -0.4 is 21.3 Å². The van der Waals surface area contributed by atoms with E-state index in [0.29, 0.717) is 42.1 Å². The zero-order valence-electron chi connectivity index (χ0n) is 20.0. The van der Waals surface area contributed by atoms with Gasteiger partial charge in [-0.05, 0) is 30.5 Å². The SMILES string of the molecule is CC[C@@H]1C[C@H]1C(=O)Nc1cc2c(C(N)=Nc3ccc(N4CCOCC4)cn3)cnc(NC)c2cn1. The van der Waals surface area contributed by atoms with Crippen LogP contribution in [0.25, 0.3) is 10.8 Å². The zero-order valence-corrected chi connectivity index (χ0v) is 20.0. The Morgan fingerprint density at radius 1 is 1.17 bits per heavy atom. The summed E-state index contributed by atoms with van der Waals surface area (Å²) in [6.07, 6.45) is 7.12. The van der Waals surface area contributed by atoms with Gasteiger partial charge in [0, 0.05) is 54.8 Å². The normalized spacial score (nSPS) is 20.1.